The van der Waals surface area contributed by atoms with Crippen molar-refractivity contribution in [2.24, 2.45) is 0 Å². The largest absolute Gasteiger partial charge is 0.489 e. The summed E-state index contributed by atoms with van der Waals surface area (Å²) in [4.78, 5) is 12.3. The van der Waals surface area contributed by atoms with Gasteiger partial charge in [-0.15, -0.1) is 0 Å². The zero-order chi connectivity index (χ0) is 20.1. The summed E-state index contributed by atoms with van der Waals surface area (Å²) in [5.74, 6) is -0.211. The number of ether oxygens (including phenoxy) is 3. The molecule has 1 saturated heterocycles. The highest BCUT2D eigenvalue weighted by atomic mass is 16.7. The number of aliphatic hydroxyl groups is 4. The number of rotatable bonds is 6. The van der Waals surface area contributed by atoms with Gasteiger partial charge in [0.15, 0.2) is 12.4 Å². The van der Waals surface area contributed by atoms with E-state index < -0.39 is 43.3 Å². The Kier molecular flexibility index (Phi) is 6.61. The number of carbonyl (C=O) groups excluding carboxylic acids is 1. The van der Waals surface area contributed by atoms with Gasteiger partial charge in [-0.05, 0) is 29.8 Å². The first-order chi connectivity index (χ1) is 13.5. The first-order valence-electron chi connectivity index (χ1n) is 8.78. The molecule has 1 unspecified atom stereocenters. The molecule has 4 N–H and O–H groups in total. The van der Waals surface area contributed by atoms with Gasteiger partial charge >= 0.3 is 5.97 Å². The van der Waals surface area contributed by atoms with Crippen molar-refractivity contribution in [2.45, 2.75) is 37.3 Å². The van der Waals surface area contributed by atoms with Gasteiger partial charge in [0.25, 0.3) is 0 Å². The van der Waals surface area contributed by atoms with Crippen molar-refractivity contribution in [3.05, 3.63) is 65.7 Å². The lowest BCUT2D eigenvalue weighted by atomic mass is 9.99. The molecule has 1 aliphatic rings. The zero-order valence-electron chi connectivity index (χ0n) is 14.9. The third-order valence-corrected chi connectivity index (χ3v) is 4.42. The summed E-state index contributed by atoms with van der Waals surface area (Å²) in [7, 11) is 0. The first kappa shape index (κ1) is 20.2. The quantitative estimate of drug-likeness (QED) is 0.516. The maximum Gasteiger partial charge on any atom is 0.338 e. The second-order valence-corrected chi connectivity index (χ2v) is 6.40. The van der Waals surface area contributed by atoms with E-state index >= 15 is 0 Å². The summed E-state index contributed by atoms with van der Waals surface area (Å²) in [6, 6.07) is 15.8. The van der Waals surface area contributed by atoms with Crippen LogP contribution in [-0.4, -0.2) is 63.7 Å². The van der Waals surface area contributed by atoms with E-state index in [1.165, 1.54) is 12.1 Å². The minimum absolute atomic E-state index is 0.191. The molecule has 1 heterocycles. The van der Waals surface area contributed by atoms with Crippen LogP contribution in [0, 0.1) is 0 Å². The van der Waals surface area contributed by atoms with Crippen molar-refractivity contribution in [3.63, 3.8) is 0 Å². The summed E-state index contributed by atoms with van der Waals surface area (Å²) in [5, 5.41) is 38.5. The van der Waals surface area contributed by atoms with E-state index in [0.29, 0.717) is 12.4 Å². The second-order valence-electron chi connectivity index (χ2n) is 6.40. The molecule has 0 amide bonds. The van der Waals surface area contributed by atoms with Crippen molar-refractivity contribution in [3.8, 4) is 5.75 Å². The van der Waals surface area contributed by atoms with Gasteiger partial charge in [0.05, 0.1) is 12.2 Å². The average molecular weight is 390 g/mol. The van der Waals surface area contributed by atoms with Crippen LogP contribution in [0.25, 0.3) is 0 Å². The highest BCUT2D eigenvalue weighted by Crippen LogP contribution is 2.24. The van der Waals surface area contributed by atoms with Crippen LogP contribution in [0.15, 0.2) is 54.6 Å². The minimum Gasteiger partial charge on any atom is -0.489 e. The maximum atomic E-state index is 12.3. The normalized spacial score (nSPS) is 27.2. The van der Waals surface area contributed by atoms with E-state index in [9.17, 15) is 25.2 Å². The van der Waals surface area contributed by atoms with Gasteiger partial charge in [0.1, 0.15) is 30.7 Å². The third-order valence-electron chi connectivity index (χ3n) is 4.42. The molecule has 0 radical (unpaired) electrons. The molecule has 0 aromatic heterocycles. The van der Waals surface area contributed by atoms with Crippen molar-refractivity contribution in [1.29, 1.82) is 0 Å². The van der Waals surface area contributed by atoms with Gasteiger partial charge in [-0.1, -0.05) is 30.3 Å². The van der Waals surface area contributed by atoms with Crippen LogP contribution < -0.4 is 4.74 Å². The van der Waals surface area contributed by atoms with Gasteiger partial charge in [-0.2, -0.15) is 0 Å². The lowest BCUT2D eigenvalue weighted by Crippen LogP contribution is -2.59. The van der Waals surface area contributed by atoms with Gasteiger partial charge in [-0.3, -0.25) is 0 Å². The molecule has 2 aromatic rings. The number of hydrogen-bond donors (Lipinski definition) is 4. The second kappa shape index (κ2) is 9.13. The molecular formula is C20H22O8. The Morgan fingerprint density at radius 3 is 2.29 bits per heavy atom. The van der Waals surface area contributed by atoms with Crippen LogP contribution >= 0.6 is 0 Å². The molecule has 5 atom stereocenters. The van der Waals surface area contributed by atoms with Crippen molar-refractivity contribution in [2.75, 3.05) is 6.61 Å². The monoisotopic (exact) mass is 390 g/mol. The fourth-order valence-corrected chi connectivity index (χ4v) is 2.83. The highest BCUT2D eigenvalue weighted by Gasteiger charge is 2.46. The Balaban J connectivity index is 1.61. The minimum atomic E-state index is -1.68. The van der Waals surface area contributed by atoms with Gasteiger partial charge < -0.3 is 34.6 Å². The molecule has 8 nitrogen and oxygen atoms in total. The molecule has 0 saturated carbocycles. The molecule has 0 bridgehead atoms. The number of esters is 1. The molecule has 2 aromatic carbocycles. The summed E-state index contributed by atoms with van der Waals surface area (Å²) in [6.07, 6.45) is -7.42. The molecule has 8 heteroatoms. The van der Waals surface area contributed by atoms with Crippen molar-refractivity contribution in [1.82, 2.24) is 0 Å². The molecule has 28 heavy (non-hydrogen) atoms. The molecule has 0 aliphatic carbocycles. The van der Waals surface area contributed by atoms with Gasteiger partial charge in [0, 0.05) is 0 Å². The Bertz CT molecular complexity index is 762. The van der Waals surface area contributed by atoms with E-state index in [-0.39, 0.29) is 5.56 Å². The summed E-state index contributed by atoms with van der Waals surface area (Å²) in [5.41, 5.74) is 1.20. The number of carbonyl (C=O) groups is 1. The van der Waals surface area contributed by atoms with Gasteiger partial charge in [-0.25, -0.2) is 4.79 Å². The molecule has 1 fully saturated rings. The van der Waals surface area contributed by atoms with E-state index in [0.717, 1.165) is 5.56 Å². The number of hydrogen-bond acceptors (Lipinski definition) is 8. The highest BCUT2D eigenvalue weighted by molar-refractivity contribution is 5.89. The smallest absolute Gasteiger partial charge is 0.338 e. The fourth-order valence-electron chi connectivity index (χ4n) is 2.83. The Morgan fingerprint density at radius 1 is 0.964 bits per heavy atom. The summed E-state index contributed by atoms with van der Waals surface area (Å²) in [6.45, 7) is -0.223. The predicted molar refractivity (Wildman–Crippen MR) is 96.4 cm³/mol. The van der Waals surface area contributed by atoms with Crippen LogP contribution in [0.3, 0.4) is 0 Å². The number of benzene rings is 2. The lowest BCUT2D eigenvalue weighted by Gasteiger charge is -2.39. The first-order valence-corrected chi connectivity index (χ1v) is 8.78. The van der Waals surface area contributed by atoms with E-state index in [4.69, 9.17) is 14.2 Å². The molecular weight excluding hydrogens is 368 g/mol. The topological polar surface area (TPSA) is 126 Å². The van der Waals surface area contributed by atoms with Crippen LogP contribution in [-0.2, 0) is 16.1 Å². The molecule has 1 aliphatic heterocycles. The zero-order valence-corrected chi connectivity index (χ0v) is 14.9. The fraction of sp³-hybridized carbons (Fsp3) is 0.350. The van der Waals surface area contributed by atoms with Crippen molar-refractivity contribution < 1.29 is 39.4 Å². The van der Waals surface area contributed by atoms with Gasteiger partial charge in [0.2, 0.25) is 0 Å². The Morgan fingerprint density at radius 2 is 1.64 bits per heavy atom. The van der Waals surface area contributed by atoms with Crippen molar-refractivity contribution >= 4 is 5.97 Å². The maximum absolute atomic E-state index is 12.3. The third kappa shape index (κ3) is 4.67. The summed E-state index contributed by atoms with van der Waals surface area (Å²) >= 11 is 0. The van der Waals surface area contributed by atoms with Crippen LogP contribution in [0.4, 0.5) is 0 Å². The number of aliphatic hydroxyl groups excluding tert-OH is 4. The lowest BCUT2D eigenvalue weighted by molar-refractivity contribution is -0.285. The van der Waals surface area contributed by atoms with E-state index in [1.54, 1.807) is 12.1 Å². The Hall–Kier alpha value is -2.49. The molecule has 150 valence electrons. The van der Waals surface area contributed by atoms with E-state index in [2.05, 4.69) is 0 Å². The van der Waals surface area contributed by atoms with Crippen LogP contribution in [0.5, 0.6) is 5.75 Å². The SMILES string of the molecule is O=C(O[C@H]1[C@H](O)[C@@H](O)C(O)O[C@@H]1CO)c1ccc(OCc2ccccc2)cc1. The van der Waals surface area contributed by atoms with Crippen LogP contribution in [0.1, 0.15) is 15.9 Å². The summed E-state index contributed by atoms with van der Waals surface area (Å²) < 4.78 is 15.8. The Labute approximate surface area is 161 Å². The van der Waals surface area contributed by atoms with E-state index in [1.807, 2.05) is 30.3 Å². The van der Waals surface area contributed by atoms with Crippen LogP contribution in [0.2, 0.25) is 0 Å². The molecule has 0 spiro atoms. The predicted octanol–water partition coefficient (Wildman–Crippen LogP) is 0.222. The molecule has 3 rings (SSSR count). The average Bonchev–Trinajstić information content (AvgIpc) is 2.73. The standard InChI is InChI=1S/C20H22O8/c21-10-15-18(16(22)17(23)20(25)27-15)28-19(24)13-6-8-14(9-7-13)26-11-12-4-2-1-3-5-12/h1-9,15-18,20-23,25H,10-11H2/t15-,16-,17-,18-,20?/m1/s1.